The molecule has 1 saturated heterocycles. The monoisotopic (exact) mass is 415 g/mol. The van der Waals surface area contributed by atoms with Crippen LogP contribution < -0.4 is 11.1 Å². The first-order chi connectivity index (χ1) is 12.3. The Bertz CT molecular complexity index is 614. The Morgan fingerprint density at radius 1 is 1.22 bits per heavy atom. The Balaban J connectivity index is 0.00000364. The minimum Gasteiger partial charge on any atom is -0.341 e. The molecule has 152 valence electrons. The summed E-state index contributed by atoms with van der Waals surface area (Å²) in [6.07, 6.45) is 2.65. The Hall–Kier alpha value is -1.30. The lowest BCUT2D eigenvalue weighted by Crippen LogP contribution is -2.54. The second kappa shape index (κ2) is 10.9. The summed E-state index contributed by atoms with van der Waals surface area (Å²) < 4.78 is 0. The van der Waals surface area contributed by atoms with E-state index in [9.17, 15) is 9.59 Å². The minimum absolute atomic E-state index is 0. The highest BCUT2D eigenvalue weighted by Crippen LogP contribution is 2.22. The van der Waals surface area contributed by atoms with Gasteiger partial charge in [-0.1, -0.05) is 31.9 Å². The van der Waals surface area contributed by atoms with E-state index in [0.717, 1.165) is 19.3 Å². The molecule has 27 heavy (non-hydrogen) atoms. The third kappa shape index (κ3) is 6.37. The van der Waals surface area contributed by atoms with Crippen molar-refractivity contribution in [1.29, 1.82) is 0 Å². The molecule has 3 atom stereocenters. The van der Waals surface area contributed by atoms with Gasteiger partial charge in [-0.05, 0) is 55.9 Å². The summed E-state index contributed by atoms with van der Waals surface area (Å²) in [4.78, 5) is 27.5. The van der Waals surface area contributed by atoms with Crippen molar-refractivity contribution in [2.75, 3.05) is 13.1 Å². The van der Waals surface area contributed by atoms with Gasteiger partial charge in [-0.15, -0.1) is 12.4 Å². The molecule has 0 radical (unpaired) electrons. The van der Waals surface area contributed by atoms with Gasteiger partial charge in [-0.25, -0.2) is 0 Å². The molecule has 0 aliphatic carbocycles. The number of piperidine rings is 1. The average molecular weight is 416 g/mol. The molecule has 0 saturated carbocycles. The van der Waals surface area contributed by atoms with Crippen molar-refractivity contribution < 1.29 is 9.59 Å². The van der Waals surface area contributed by atoms with Gasteiger partial charge in [0.25, 0.3) is 5.91 Å². The lowest BCUT2D eigenvalue weighted by atomic mass is 9.89. The molecule has 5 nitrogen and oxygen atoms in total. The Kier molecular flexibility index (Phi) is 9.57. The fraction of sp³-hybridized carbons (Fsp3) is 0.600. The first kappa shape index (κ1) is 23.7. The van der Waals surface area contributed by atoms with Gasteiger partial charge in [0, 0.05) is 29.7 Å². The van der Waals surface area contributed by atoms with Gasteiger partial charge >= 0.3 is 0 Å². The van der Waals surface area contributed by atoms with Gasteiger partial charge in [0.05, 0.1) is 0 Å². The number of halogens is 2. The van der Waals surface area contributed by atoms with E-state index in [1.54, 1.807) is 24.3 Å². The van der Waals surface area contributed by atoms with Crippen molar-refractivity contribution in [3.63, 3.8) is 0 Å². The second-order valence-electron chi connectivity index (χ2n) is 7.37. The number of amides is 2. The number of carbonyl (C=O) groups excluding carboxylic acids is 2. The van der Waals surface area contributed by atoms with Crippen molar-refractivity contribution >= 4 is 35.8 Å². The normalized spacial score (nSPS) is 18.2. The highest BCUT2D eigenvalue weighted by atomic mass is 35.5. The number of carbonyl (C=O) groups is 2. The van der Waals surface area contributed by atoms with Crippen LogP contribution in [0.2, 0.25) is 5.02 Å². The van der Waals surface area contributed by atoms with Crippen LogP contribution in [0, 0.1) is 11.8 Å². The lowest BCUT2D eigenvalue weighted by Gasteiger charge is -2.37. The molecule has 1 fully saturated rings. The Labute approximate surface area is 173 Å². The summed E-state index contributed by atoms with van der Waals surface area (Å²) in [5, 5.41) is 3.51. The number of nitrogens with one attached hydrogen (secondary N) is 1. The van der Waals surface area contributed by atoms with Crippen LogP contribution in [0.1, 0.15) is 50.4 Å². The van der Waals surface area contributed by atoms with E-state index >= 15 is 0 Å². The first-order valence-corrected chi connectivity index (χ1v) is 9.82. The predicted molar refractivity (Wildman–Crippen MR) is 112 cm³/mol. The van der Waals surface area contributed by atoms with Crippen LogP contribution in [-0.4, -0.2) is 41.9 Å². The molecule has 1 heterocycles. The molecular formula is C20H31Cl2N3O2. The van der Waals surface area contributed by atoms with Crippen molar-refractivity contribution in [2.24, 2.45) is 17.6 Å². The van der Waals surface area contributed by atoms with Crippen molar-refractivity contribution in [2.45, 2.75) is 52.1 Å². The predicted octanol–water partition coefficient (Wildman–Crippen LogP) is 3.49. The molecule has 1 aliphatic heterocycles. The van der Waals surface area contributed by atoms with E-state index < -0.39 is 6.04 Å². The van der Waals surface area contributed by atoms with Crippen LogP contribution in [0.3, 0.4) is 0 Å². The van der Waals surface area contributed by atoms with E-state index in [4.69, 9.17) is 17.3 Å². The fourth-order valence-electron chi connectivity index (χ4n) is 3.35. The van der Waals surface area contributed by atoms with E-state index in [2.05, 4.69) is 5.32 Å². The number of likely N-dealkylation sites (tertiary alicyclic amines) is 1. The highest BCUT2D eigenvalue weighted by molar-refractivity contribution is 6.30. The van der Waals surface area contributed by atoms with E-state index in [1.165, 1.54) is 0 Å². The van der Waals surface area contributed by atoms with Crippen molar-refractivity contribution in [3.05, 3.63) is 34.9 Å². The zero-order valence-electron chi connectivity index (χ0n) is 16.3. The summed E-state index contributed by atoms with van der Waals surface area (Å²) >= 11 is 5.88. The molecular weight excluding hydrogens is 385 g/mol. The van der Waals surface area contributed by atoms with Crippen molar-refractivity contribution in [3.8, 4) is 0 Å². The SMILES string of the molecule is CCC(C)C(NC(=O)c1ccc(Cl)cc1)C(=O)N1CCC(C(C)N)CC1.Cl. The highest BCUT2D eigenvalue weighted by Gasteiger charge is 2.32. The summed E-state index contributed by atoms with van der Waals surface area (Å²) in [6.45, 7) is 7.46. The minimum atomic E-state index is -0.518. The summed E-state index contributed by atoms with van der Waals surface area (Å²) in [5.41, 5.74) is 6.50. The van der Waals surface area contributed by atoms with Crippen LogP contribution in [-0.2, 0) is 4.79 Å². The Morgan fingerprint density at radius 2 is 1.78 bits per heavy atom. The molecule has 0 bridgehead atoms. The number of nitrogens with zero attached hydrogens (tertiary/aromatic N) is 1. The Morgan fingerprint density at radius 3 is 2.26 bits per heavy atom. The maximum Gasteiger partial charge on any atom is 0.251 e. The number of hydrogen-bond acceptors (Lipinski definition) is 3. The van der Waals surface area contributed by atoms with Crippen LogP contribution in [0.4, 0.5) is 0 Å². The number of rotatable bonds is 6. The van der Waals surface area contributed by atoms with Gasteiger partial charge in [0.2, 0.25) is 5.91 Å². The third-order valence-electron chi connectivity index (χ3n) is 5.47. The maximum absolute atomic E-state index is 13.1. The molecule has 1 aliphatic rings. The van der Waals surface area contributed by atoms with Gasteiger partial charge in [0.15, 0.2) is 0 Å². The third-order valence-corrected chi connectivity index (χ3v) is 5.72. The van der Waals surface area contributed by atoms with Crippen molar-refractivity contribution in [1.82, 2.24) is 10.2 Å². The summed E-state index contributed by atoms with van der Waals surface area (Å²) in [6, 6.07) is 6.33. The quantitative estimate of drug-likeness (QED) is 0.746. The van der Waals surface area contributed by atoms with Gasteiger partial charge in [0.1, 0.15) is 6.04 Å². The number of nitrogens with two attached hydrogens (primary N) is 1. The molecule has 2 rings (SSSR count). The van der Waals surface area contributed by atoms with Gasteiger partial charge < -0.3 is 16.0 Å². The van der Waals surface area contributed by atoms with Crippen LogP contribution in [0.5, 0.6) is 0 Å². The van der Waals surface area contributed by atoms with Crippen LogP contribution >= 0.6 is 24.0 Å². The molecule has 7 heteroatoms. The molecule has 0 aromatic heterocycles. The summed E-state index contributed by atoms with van der Waals surface area (Å²) in [7, 11) is 0. The number of hydrogen-bond donors (Lipinski definition) is 2. The smallest absolute Gasteiger partial charge is 0.251 e. The first-order valence-electron chi connectivity index (χ1n) is 9.44. The molecule has 1 aromatic carbocycles. The fourth-order valence-corrected chi connectivity index (χ4v) is 3.48. The summed E-state index contributed by atoms with van der Waals surface area (Å²) in [5.74, 6) is 0.283. The number of benzene rings is 1. The van der Waals surface area contributed by atoms with Gasteiger partial charge in [-0.2, -0.15) is 0 Å². The zero-order valence-corrected chi connectivity index (χ0v) is 17.9. The van der Waals surface area contributed by atoms with E-state index in [1.807, 2.05) is 25.7 Å². The topological polar surface area (TPSA) is 75.4 Å². The molecule has 0 spiro atoms. The van der Waals surface area contributed by atoms with Crippen LogP contribution in [0.25, 0.3) is 0 Å². The molecule has 3 N–H and O–H groups in total. The average Bonchev–Trinajstić information content (AvgIpc) is 2.65. The van der Waals surface area contributed by atoms with E-state index in [0.29, 0.717) is 29.6 Å². The lowest BCUT2D eigenvalue weighted by molar-refractivity contribution is -0.136. The van der Waals surface area contributed by atoms with E-state index in [-0.39, 0.29) is 36.2 Å². The molecule has 3 unspecified atom stereocenters. The van der Waals surface area contributed by atoms with Gasteiger partial charge in [-0.3, -0.25) is 9.59 Å². The molecule has 1 aromatic rings. The van der Waals surface area contributed by atoms with Crippen LogP contribution in [0.15, 0.2) is 24.3 Å². The second-order valence-corrected chi connectivity index (χ2v) is 7.80. The molecule has 2 amide bonds. The zero-order chi connectivity index (χ0) is 19.3. The largest absolute Gasteiger partial charge is 0.341 e. The maximum atomic E-state index is 13.1. The standard InChI is InChI=1S/C20H30ClN3O2.ClH/c1-4-13(2)18(23-19(25)16-5-7-17(21)8-6-16)20(26)24-11-9-15(10-12-24)14(3)22;/h5-8,13-15,18H,4,9-12,22H2,1-3H3,(H,23,25);1H.